The average Bonchev–Trinajstić information content (AvgIpc) is 3.44. The number of hydrogen-bond acceptors (Lipinski definition) is 10. The second-order valence-corrected chi connectivity index (χ2v) is 14.7. The van der Waals surface area contributed by atoms with Crippen LogP contribution in [0.2, 0.25) is 0 Å². The Balaban J connectivity index is 1.38. The van der Waals surface area contributed by atoms with Gasteiger partial charge in [0.15, 0.2) is 0 Å². The summed E-state index contributed by atoms with van der Waals surface area (Å²) in [6, 6.07) is 1.62. The van der Waals surface area contributed by atoms with Gasteiger partial charge < -0.3 is 34.5 Å². The monoisotopic (exact) mass is 701 g/mol. The second kappa shape index (κ2) is 14.0. The van der Waals surface area contributed by atoms with Gasteiger partial charge in [0.05, 0.1) is 42.9 Å². The van der Waals surface area contributed by atoms with Gasteiger partial charge in [-0.05, 0) is 72.8 Å². The van der Waals surface area contributed by atoms with Gasteiger partial charge in [-0.15, -0.1) is 0 Å². The van der Waals surface area contributed by atoms with Gasteiger partial charge in [-0.1, -0.05) is 36.8 Å². The summed E-state index contributed by atoms with van der Waals surface area (Å²) in [5.41, 5.74) is -0.404. The molecule has 5 heterocycles. The number of alkyl carbamates (subject to hydrolysis) is 1. The first-order valence-corrected chi connectivity index (χ1v) is 17.8. The number of fused-ring (bicyclic) bond motifs is 5. The van der Waals surface area contributed by atoms with Crippen LogP contribution in [-0.2, 0) is 30.3 Å². The van der Waals surface area contributed by atoms with Crippen LogP contribution < -0.4 is 20.1 Å². The highest BCUT2D eigenvalue weighted by atomic mass is 16.6. The molecule has 0 bridgehead atoms. The van der Waals surface area contributed by atoms with E-state index in [0.717, 1.165) is 24.8 Å². The molecule has 3 amide bonds. The molecule has 13 heteroatoms. The molecule has 13 nitrogen and oxygen atoms in total. The number of carbonyl (C=O) groups is 4. The molecule has 0 unspecified atom stereocenters. The fourth-order valence-corrected chi connectivity index (χ4v) is 7.35. The lowest BCUT2D eigenvalue weighted by molar-refractivity contribution is -0.153. The van der Waals surface area contributed by atoms with Crippen LogP contribution in [0.5, 0.6) is 11.6 Å². The SMILES string of the molecule is CCOC(=O)[C@@]12C#C[C@H]1/C=C\CCCCC[C@H](NC(=O)OC(C)(C)C)C(=O)N1C[C@@]3(CCc4c(c(C)nc5ccc(OC)nc45)O3)C[C@H]1C(=O)N2. The predicted molar refractivity (Wildman–Crippen MR) is 187 cm³/mol. The number of methoxy groups -OCH3 is 1. The number of hydrogen-bond donors (Lipinski definition) is 2. The zero-order valence-electron chi connectivity index (χ0n) is 30.2. The van der Waals surface area contributed by atoms with E-state index in [1.54, 1.807) is 40.9 Å². The zero-order chi connectivity index (χ0) is 36.6. The Hall–Kier alpha value is -4.86. The minimum absolute atomic E-state index is 0.0697. The molecule has 2 aromatic rings. The molecular weight excluding hydrogens is 654 g/mol. The summed E-state index contributed by atoms with van der Waals surface area (Å²) >= 11 is 0. The van der Waals surface area contributed by atoms with Crippen molar-refractivity contribution in [1.29, 1.82) is 0 Å². The fourth-order valence-electron chi connectivity index (χ4n) is 7.35. The van der Waals surface area contributed by atoms with Crippen LogP contribution in [0.25, 0.3) is 11.0 Å². The van der Waals surface area contributed by atoms with Gasteiger partial charge >= 0.3 is 12.1 Å². The molecule has 2 aromatic heterocycles. The molecule has 0 aromatic carbocycles. The van der Waals surface area contributed by atoms with Crippen molar-refractivity contribution in [1.82, 2.24) is 25.5 Å². The number of aryl methyl sites for hydroxylation is 2. The van der Waals surface area contributed by atoms with Crippen molar-refractivity contribution in [3.63, 3.8) is 0 Å². The standard InChI is InChI=1S/C38H47N5O8/c1-7-49-34(46)38-20-17-24(38)13-11-9-8-10-12-14-27(40-35(47)51-36(3,4)5)33(45)43-22-37(21-28(43)32(44)42-38)19-18-25-30-26(15-16-29(41-30)48-6)39-23(2)31(25)50-37/h11,13,15-16,24,27-28H,7-10,12,14,18-19,21-22H2,1-6H3,(H,40,47)(H,42,44)/b13-11-/t24-,27+,28+,37-,38-/m1/s1. The number of ether oxygens (including phenoxy) is 4. The molecule has 6 rings (SSSR count). The van der Waals surface area contributed by atoms with Gasteiger partial charge in [0.1, 0.15) is 29.0 Å². The lowest BCUT2D eigenvalue weighted by atomic mass is 9.76. The Kier molecular flexibility index (Phi) is 9.90. The van der Waals surface area contributed by atoms with Gasteiger partial charge in [-0.2, -0.15) is 0 Å². The number of carbonyl (C=O) groups excluding carboxylic acids is 4. The van der Waals surface area contributed by atoms with Crippen LogP contribution in [0, 0.1) is 24.7 Å². The van der Waals surface area contributed by atoms with Gasteiger partial charge in [0.25, 0.3) is 0 Å². The lowest BCUT2D eigenvalue weighted by Crippen LogP contribution is -2.65. The van der Waals surface area contributed by atoms with Crippen molar-refractivity contribution in [3.8, 4) is 23.5 Å². The summed E-state index contributed by atoms with van der Waals surface area (Å²) in [6.07, 6.45) is 7.63. The minimum Gasteiger partial charge on any atom is -0.483 e. The van der Waals surface area contributed by atoms with Crippen molar-refractivity contribution < 1.29 is 38.1 Å². The van der Waals surface area contributed by atoms with E-state index in [1.807, 2.05) is 25.1 Å². The maximum atomic E-state index is 14.6. The van der Waals surface area contributed by atoms with Crippen molar-refractivity contribution in [2.24, 2.45) is 5.92 Å². The molecule has 3 aliphatic heterocycles. The third kappa shape index (κ3) is 7.18. The van der Waals surface area contributed by atoms with Crippen LogP contribution >= 0.6 is 0 Å². The number of nitrogens with zero attached hydrogens (tertiary/aromatic N) is 3. The molecule has 51 heavy (non-hydrogen) atoms. The number of rotatable bonds is 4. The third-order valence-corrected chi connectivity index (χ3v) is 9.86. The molecule has 272 valence electrons. The van der Waals surface area contributed by atoms with E-state index in [2.05, 4.69) is 27.5 Å². The van der Waals surface area contributed by atoms with E-state index in [0.29, 0.717) is 54.0 Å². The molecule has 0 radical (unpaired) electrons. The lowest BCUT2D eigenvalue weighted by Gasteiger charge is -2.37. The Bertz CT molecular complexity index is 1830. The minimum atomic E-state index is -1.59. The summed E-state index contributed by atoms with van der Waals surface area (Å²) in [5, 5.41) is 5.71. The second-order valence-electron chi connectivity index (χ2n) is 14.7. The fraction of sp³-hybridized carbons (Fsp3) is 0.579. The van der Waals surface area contributed by atoms with Crippen LogP contribution in [-0.4, -0.2) is 87.8 Å². The summed E-state index contributed by atoms with van der Waals surface area (Å²) in [4.78, 5) is 66.5. The Morgan fingerprint density at radius 1 is 1.18 bits per heavy atom. The van der Waals surface area contributed by atoms with Crippen molar-refractivity contribution >= 4 is 34.9 Å². The highest BCUT2D eigenvalue weighted by Gasteiger charge is 2.57. The summed E-state index contributed by atoms with van der Waals surface area (Å²) in [5.74, 6) is 4.70. The Morgan fingerprint density at radius 3 is 2.69 bits per heavy atom. The van der Waals surface area contributed by atoms with E-state index in [-0.39, 0.29) is 19.6 Å². The van der Waals surface area contributed by atoms with Gasteiger partial charge in [0, 0.05) is 18.1 Å². The zero-order valence-corrected chi connectivity index (χ0v) is 30.2. The highest BCUT2D eigenvalue weighted by Crippen LogP contribution is 2.45. The number of amides is 3. The smallest absolute Gasteiger partial charge is 0.408 e. The molecule has 4 aliphatic rings. The van der Waals surface area contributed by atoms with E-state index in [1.165, 1.54) is 4.90 Å². The summed E-state index contributed by atoms with van der Waals surface area (Å²) < 4.78 is 23.2. The third-order valence-electron chi connectivity index (χ3n) is 9.86. The predicted octanol–water partition coefficient (Wildman–Crippen LogP) is 4.08. The maximum absolute atomic E-state index is 14.6. The number of esters is 1. The number of pyridine rings is 2. The van der Waals surface area contributed by atoms with Crippen LogP contribution in [0.4, 0.5) is 4.79 Å². The van der Waals surface area contributed by atoms with Crippen LogP contribution in [0.1, 0.15) is 83.9 Å². The molecule has 2 N–H and O–H groups in total. The first-order chi connectivity index (χ1) is 24.3. The molecular formula is C38H47N5O8. The Labute approximate surface area is 298 Å². The van der Waals surface area contributed by atoms with Crippen molar-refractivity contribution in [2.75, 3.05) is 20.3 Å². The number of allylic oxidation sites excluding steroid dienone is 1. The normalized spacial score (nSPS) is 28.2. The topological polar surface area (TPSA) is 158 Å². The van der Waals surface area contributed by atoms with E-state index >= 15 is 0 Å². The van der Waals surface area contributed by atoms with E-state index in [9.17, 15) is 19.2 Å². The van der Waals surface area contributed by atoms with E-state index in [4.69, 9.17) is 23.9 Å². The molecule has 0 saturated carbocycles. The van der Waals surface area contributed by atoms with Gasteiger partial charge in [0.2, 0.25) is 23.2 Å². The van der Waals surface area contributed by atoms with Gasteiger partial charge in [-0.3, -0.25) is 9.59 Å². The number of aromatic nitrogens is 2. The molecule has 1 fully saturated rings. The highest BCUT2D eigenvalue weighted by molar-refractivity contribution is 5.98. The number of nitrogens with one attached hydrogen (secondary N) is 2. The van der Waals surface area contributed by atoms with Crippen LogP contribution in [0.3, 0.4) is 0 Å². The first-order valence-electron chi connectivity index (χ1n) is 17.8. The van der Waals surface area contributed by atoms with Crippen molar-refractivity contribution in [2.45, 2.75) is 115 Å². The molecule has 1 saturated heterocycles. The molecule has 1 aliphatic carbocycles. The summed E-state index contributed by atoms with van der Waals surface area (Å²) in [7, 11) is 1.56. The van der Waals surface area contributed by atoms with E-state index < -0.39 is 58.6 Å². The maximum Gasteiger partial charge on any atom is 0.408 e. The largest absolute Gasteiger partial charge is 0.483 e. The summed E-state index contributed by atoms with van der Waals surface area (Å²) in [6.45, 7) is 9.00. The average molecular weight is 702 g/mol. The Morgan fingerprint density at radius 2 is 1.98 bits per heavy atom. The van der Waals surface area contributed by atoms with Crippen LogP contribution in [0.15, 0.2) is 24.3 Å². The van der Waals surface area contributed by atoms with Gasteiger partial charge in [-0.25, -0.2) is 19.6 Å². The van der Waals surface area contributed by atoms with Crippen molar-refractivity contribution in [3.05, 3.63) is 35.5 Å². The molecule has 5 atom stereocenters. The molecule has 1 spiro atoms. The quantitative estimate of drug-likeness (QED) is 0.271. The first kappa shape index (κ1) is 35.9.